The van der Waals surface area contributed by atoms with Crippen LogP contribution in [-0.2, 0) is 47.5 Å². The zero-order chi connectivity index (χ0) is 17.1. The minimum absolute atomic E-state index is 0. The predicted octanol–water partition coefficient (Wildman–Crippen LogP) is 5.20. The molecule has 1 N–H and O–H groups in total. The number of phenols is 1. The number of hydrogen-bond acceptors (Lipinski definition) is 4. The van der Waals surface area contributed by atoms with Gasteiger partial charge in [0, 0.05) is 21.1 Å². The largest absolute Gasteiger partial charge is 0.697 e. The van der Waals surface area contributed by atoms with Crippen LogP contribution in [0.25, 0.3) is 0 Å². The number of hydrogen-bond donors (Lipinski definition) is 1. The molecule has 1 aromatic rings. The fourth-order valence-corrected chi connectivity index (χ4v) is 2.73. The summed E-state index contributed by atoms with van der Waals surface area (Å²) < 4.78 is 21.7. The third-order valence-electron chi connectivity index (χ3n) is 3.36. The minimum Gasteiger partial charge on any atom is -0.507 e. The summed E-state index contributed by atoms with van der Waals surface area (Å²) in [6.07, 6.45) is 0. The van der Waals surface area contributed by atoms with E-state index in [1.807, 2.05) is 12.1 Å². The standard InChI is InChI=1S/C17H27O4P.Ni/c1-8-20-22(19)21-11-12-9-13(16(2,3)4)15(18)14(10-12)17(5,6)7;/h9-10H,8,11H2,1-7H3;/p+1. The normalized spacial score (nSPS) is 12.7. The van der Waals surface area contributed by atoms with Crippen molar-refractivity contribution < 1.29 is 35.2 Å². The van der Waals surface area contributed by atoms with Crippen LogP contribution in [0.4, 0.5) is 0 Å². The zero-order valence-corrected chi connectivity index (χ0v) is 16.9. The second-order valence-electron chi connectivity index (χ2n) is 7.45. The van der Waals surface area contributed by atoms with Crippen LogP contribution in [0.3, 0.4) is 0 Å². The molecule has 1 rings (SSSR count). The monoisotopic (exact) mass is 385 g/mol. The van der Waals surface area contributed by atoms with E-state index in [-0.39, 0.29) is 33.9 Å². The molecule has 0 aliphatic rings. The molecule has 0 saturated carbocycles. The molecule has 1 aromatic carbocycles. The van der Waals surface area contributed by atoms with E-state index in [1.165, 1.54) is 0 Å². The molecular formula is C17H28NiO4P+. The first kappa shape index (κ1) is 22.5. The van der Waals surface area contributed by atoms with Crippen molar-refractivity contribution in [2.75, 3.05) is 6.61 Å². The van der Waals surface area contributed by atoms with Crippen LogP contribution in [-0.4, -0.2) is 11.7 Å². The average Bonchev–Trinajstić information content (AvgIpc) is 2.35. The van der Waals surface area contributed by atoms with Crippen molar-refractivity contribution in [1.29, 1.82) is 0 Å². The third-order valence-corrected chi connectivity index (χ3v) is 4.17. The summed E-state index contributed by atoms with van der Waals surface area (Å²) >= 11 is 0. The fraction of sp³-hybridized carbons (Fsp3) is 0.647. The van der Waals surface area contributed by atoms with Crippen molar-refractivity contribution in [1.82, 2.24) is 0 Å². The summed E-state index contributed by atoms with van der Waals surface area (Å²) in [5, 5.41) is 10.6. The fourth-order valence-electron chi connectivity index (χ4n) is 2.19. The van der Waals surface area contributed by atoms with Gasteiger partial charge in [-0.3, -0.25) is 0 Å². The second kappa shape index (κ2) is 8.58. The molecule has 0 aliphatic heterocycles. The van der Waals surface area contributed by atoms with Crippen molar-refractivity contribution in [3.8, 4) is 5.75 Å². The molecule has 0 amide bonds. The Morgan fingerprint density at radius 1 is 1.00 bits per heavy atom. The van der Waals surface area contributed by atoms with E-state index in [2.05, 4.69) is 41.5 Å². The van der Waals surface area contributed by atoms with Crippen LogP contribution in [0, 0.1) is 0 Å². The van der Waals surface area contributed by atoms with Gasteiger partial charge in [-0.2, -0.15) is 0 Å². The van der Waals surface area contributed by atoms with Gasteiger partial charge in [0.25, 0.3) is 0 Å². The molecule has 0 saturated heterocycles. The van der Waals surface area contributed by atoms with E-state index in [9.17, 15) is 9.67 Å². The Balaban J connectivity index is 0.00000484. The summed E-state index contributed by atoms with van der Waals surface area (Å²) in [4.78, 5) is 0. The van der Waals surface area contributed by atoms with Gasteiger partial charge in [-0.05, 0) is 46.6 Å². The molecule has 0 aliphatic carbocycles. The van der Waals surface area contributed by atoms with E-state index in [0.717, 1.165) is 16.7 Å². The minimum atomic E-state index is -2.10. The van der Waals surface area contributed by atoms with Crippen molar-refractivity contribution in [2.24, 2.45) is 0 Å². The van der Waals surface area contributed by atoms with Gasteiger partial charge in [-0.15, -0.1) is 9.05 Å². The van der Waals surface area contributed by atoms with Crippen LogP contribution in [0.5, 0.6) is 5.75 Å². The molecule has 0 fully saturated rings. The zero-order valence-electron chi connectivity index (χ0n) is 15.0. The van der Waals surface area contributed by atoms with Crippen LogP contribution >= 0.6 is 8.25 Å². The SMILES string of the molecule is CCO[P+](=O)OCc1cc(C(C)(C)C)c(O)c(C(C)(C)C)c1.[Ni]. The maximum absolute atomic E-state index is 11.5. The topological polar surface area (TPSA) is 55.8 Å². The van der Waals surface area contributed by atoms with E-state index < -0.39 is 8.25 Å². The molecule has 0 radical (unpaired) electrons. The van der Waals surface area contributed by atoms with Crippen molar-refractivity contribution >= 4 is 8.25 Å². The van der Waals surface area contributed by atoms with E-state index in [1.54, 1.807) is 6.92 Å². The molecule has 1 atom stereocenters. The Morgan fingerprint density at radius 2 is 1.43 bits per heavy atom. The smallest absolute Gasteiger partial charge is 0.507 e. The summed E-state index contributed by atoms with van der Waals surface area (Å²) in [6.45, 7) is 14.7. The first-order valence-electron chi connectivity index (χ1n) is 7.56. The van der Waals surface area contributed by atoms with Gasteiger partial charge in [0.2, 0.25) is 0 Å². The maximum atomic E-state index is 11.5. The van der Waals surface area contributed by atoms with Crippen molar-refractivity contribution in [2.45, 2.75) is 65.9 Å². The van der Waals surface area contributed by atoms with Crippen LogP contribution in [0.15, 0.2) is 12.1 Å². The molecule has 4 nitrogen and oxygen atoms in total. The predicted molar refractivity (Wildman–Crippen MR) is 89.5 cm³/mol. The summed E-state index contributed by atoms with van der Waals surface area (Å²) in [6, 6.07) is 3.83. The van der Waals surface area contributed by atoms with Gasteiger partial charge in [0.05, 0.1) is 0 Å². The van der Waals surface area contributed by atoms with Gasteiger partial charge in [-0.1, -0.05) is 41.5 Å². The van der Waals surface area contributed by atoms with Gasteiger partial charge >= 0.3 is 8.25 Å². The summed E-state index contributed by atoms with van der Waals surface area (Å²) in [5.74, 6) is 0.331. The molecule has 23 heavy (non-hydrogen) atoms. The van der Waals surface area contributed by atoms with Crippen LogP contribution in [0.1, 0.15) is 65.2 Å². The van der Waals surface area contributed by atoms with Gasteiger partial charge < -0.3 is 5.11 Å². The molecular weight excluding hydrogens is 358 g/mol. The van der Waals surface area contributed by atoms with Gasteiger partial charge in [-0.25, -0.2) is 0 Å². The van der Waals surface area contributed by atoms with Crippen molar-refractivity contribution in [3.63, 3.8) is 0 Å². The van der Waals surface area contributed by atoms with Gasteiger partial charge in [0.15, 0.2) is 0 Å². The molecule has 6 heteroatoms. The first-order chi connectivity index (χ1) is 9.96. The Hall–Kier alpha value is -0.466. The number of rotatable bonds is 5. The molecule has 0 bridgehead atoms. The Kier molecular flexibility index (Phi) is 8.40. The Morgan fingerprint density at radius 3 is 1.78 bits per heavy atom. The van der Waals surface area contributed by atoms with Crippen molar-refractivity contribution in [3.05, 3.63) is 28.8 Å². The number of benzene rings is 1. The van der Waals surface area contributed by atoms with Crippen LogP contribution in [0.2, 0.25) is 0 Å². The average molecular weight is 386 g/mol. The molecule has 0 aromatic heterocycles. The van der Waals surface area contributed by atoms with Crippen LogP contribution < -0.4 is 0 Å². The molecule has 0 heterocycles. The molecule has 134 valence electrons. The maximum Gasteiger partial charge on any atom is 0.697 e. The molecule has 0 spiro atoms. The van der Waals surface area contributed by atoms with E-state index in [4.69, 9.17) is 9.05 Å². The number of phenolic OH excluding ortho intramolecular Hbond substituents is 1. The first-order valence-corrected chi connectivity index (χ1v) is 8.66. The summed E-state index contributed by atoms with van der Waals surface area (Å²) in [7, 11) is -2.10. The molecule has 1 unspecified atom stereocenters. The third kappa shape index (κ3) is 6.51. The van der Waals surface area contributed by atoms with Gasteiger partial charge in [0.1, 0.15) is 19.0 Å². The van der Waals surface area contributed by atoms with E-state index in [0.29, 0.717) is 12.4 Å². The Labute approximate surface area is 150 Å². The quantitative estimate of drug-likeness (QED) is 0.559. The van der Waals surface area contributed by atoms with E-state index >= 15 is 0 Å². The summed E-state index contributed by atoms with van der Waals surface area (Å²) in [5.41, 5.74) is 2.23. The Bertz CT molecular complexity index is 509. The second-order valence-corrected chi connectivity index (χ2v) is 8.42. The number of aromatic hydroxyl groups is 1.